The molecule has 1 fully saturated rings. The second kappa shape index (κ2) is 10.9. The van der Waals surface area contributed by atoms with Crippen LogP contribution in [-0.2, 0) is 4.79 Å². The van der Waals surface area contributed by atoms with E-state index >= 15 is 0 Å². The van der Waals surface area contributed by atoms with Crippen LogP contribution in [0.3, 0.4) is 0 Å². The van der Waals surface area contributed by atoms with Crippen LogP contribution in [0.5, 0.6) is 0 Å². The number of hydrogen-bond donors (Lipinski definition) is 1. The van der Waals surface area contributed by atoms with Crippen LogP contribution in [0.25, 0.3) is 0 Å². The molecule has 0 radical (unpaired) electrons. The molecule has 2 aliphatic rings. The molecule has 0 aliphatic carbocycles. The van der Waals surface area contributed by atoms with Crippen molar-refractivity contribution in [2.75, 3.05) is 25.1 Å². The van der Waals surface area contributed by atoms with Crippen LogP contribution in [0.4, 0.5) is 5.69 Å². The van der Waals surface area contributed by atoms with Crippen LogP contribution < -0.4 is 34.4 Å². The number of nitrogens with zero attached hydrogens (tertiary/aromatic N) is 3. The molecule has 0 bridgehead atoms. The molecule has 0 aromatic heterocycles. The Balaban J connectivity index is 0.00000289. The Hall–Kier alpha value is -1.06. The van der Waals surface area contributed by atoms with E-state index in [1.165, 1.54) is 12.8 Å². The zero-order valence-corrected chi connectivity index (χ0v) is 22.3. The summed E-state index contributed by atoms with van der Waals surface area (Å²) in [5.74, 6) is -0.129. The molecular formula is C23H26Cl3IN4O. The maximum absolute atomic E-state index is 13.2. The SMILES string of the molecule is C[N+]1(NC(=O)C2=NN(c3ccc(Cl)cc3Cl)C(c3ccc(Cl)cc3)C2)CCCCCC1.[I-]. The summed E-state index contributed by atoms with van der Waals surface area (Å²) >= 11 is 18.7. The highest BCUT2D eigenvalue weighted by Gasteiger charge is 2.36. The van der Waals surface area contributed by atoms with Crippen LogP contribution in [0.2, 0.25) is 15.1 Å². The molecule has 0 spiro atoms. The molecule has 2 aliphatic heterocycles. The number of hydrogen-bond acceptors (Lipinski definition) is 3. The monoisotopic (exact) mass is 606 g/mol. The number of carbonyl (C=O) groups is 1. The van der Waals surface area contributed by atoms with E-state index in [2.05, 4.69) is 12.5 Å². The summed E-state index contributed by atoms with van der Waals surface area (Å²) in [6, 6.07) is 12.8. The highest BCUT2D eigenvalue weighted by atomic mass is 127. The van der Waals surface area contributed by atoms with Crippen molar-refractivity contribution in [1.82, 2.24) is 5.43 Å². The number of carbonyl (C=O) groups excluding carboxylic acids is 1. The van der Waals surface area contributed by atoms with Crippen molar-refractivity contribution in [1.29, 1.82) is 0 Å². The lowest BCUT2D eigenvalue weighted by Gasteiger charge is -2.32. The molecule has 9 heteroatoms. The number of halogens is 4. The smallest absolute Gasteiger partial charge is 0.312 e. The van der Waals surface area contributed by atoms with E-state index in [1.54, 1.807) is 12.1 Å². The third-order valence-electron chi connectivity index (χ3n) is 6.01. The summed E-state index contributed by atoms with van der Waals surface area (Å²) in [4.78, 5) is 13.2. The standard InChI is InChI=1S/C23H25Cl3N4O.HI/c1-30(12-4-2-3-5-13-30)28-23(31)20-15-22(16-6-8-17(24)9-7-16)29(27-20)21-11-10-18(25)14-19(21)26;/h6-11,14,22H,2-5,12-13,15H2,1H3;1H. The van der Waals surface area contributed by atoms with Crippen molar-refractivity contribution in [2.24, 2.45) is 5.10 Å². The third-order valence-corrected chi connectivity index (χ3v) is 6.80. The number of nitrogens with one attached hydrogen (secondary N) is 1. The second-order valence-electron chi connectivity index (χ2n) is 8.46. The average molecular weight is 608 g/mol. The maximum atomic E-state index is 13.2. The van der Waals surface area contributed by atoms with Crippen molar-refractivity contribution < 1.29 is 33.4 Å². The Bertz CT molecular complexity index is 991. The largest absolute Gasteiger partial charge is 1.00 e. The Labute approximate surface area is 221 Å². The van der Waals surface area contributed by atoms with Crippen LogP contribution in [0.15, 0.2) is 47.6 Å². The minimum Gasteiger partial charge on any atom is -1.00 e. The first kappa shape index (κ1) is 25.6. The predicted molar refractivity (Wildman–Crippen MR) is 128 cm³/mol. The van der Waals surface area contributed by atoms with Gasteiger partial charge in [-0.05, 0) is 61.6 Å². The predicted octanol–water partition coefficient (Wildman–Crippen LogP) is 3.01. The van der Waals surface area contributed by atoms with Gasteiger partial charge >= 0.3 is 5.91 Å². The molecule has 32 heavy (non-hydrogen) atoms. The van der Waals surface area contributed by atoms with Crippen LogP contribution in [-0.4, -0.2) is 36.3 Å². The fraction of sp³-hybridized carbons (Fsp3) is 0.391. The van der Waals surface area contributed by atoms with Gasteiger partial charge in [0.15, 0.2) is 0 Å². The van der Waals surface area contributed by atoms with Gasteiger partial charge in [0.25, 0.3) is 0 Å². The van der Waals surface area contributed by atoms with E-state index in [1.807, 2.05) is 35.3 Å². The van der Waals surface area contributed by atoms with E-state index in [0.29, 0.717) is 37.5 Å². The zero-order valence-electron chi connectivity index (χ0n) is 17.8. The molecule has 0 saturated carbocycles. The Kier molecular flexibility index (Phi) is 8.72. The number of anilines is 1. The lowest BCUT2D eigenvalue weighted by molar-refractivity contribution is -0.942. The Morgan fingerprint density at radius 2 is 1.62 bits per heavy atom. The molecular weight excluding hydrogens is 582 g/mol. The van der Waals surface area contributed by atoms with Crippen LogP contribution in [0.1, 0.15) is 43.7 Å². The molecule has 1 unspecified atom stereocenters. The lowest BCUT2D eigenvalue weighted by atomic mass is 10.0. The molecule has 172 valence electrons. The first-order valence-corrected chi connectivity index (χ1v) is 11.7. The van der Waals surface area contributed by atoms with Gasteiger partial charge in [0.2, 0.25) is 0 Å². The van der Waals surface area contributed by atoms with E-state index < -0.39 is 0 Å². The quantitative estimate of drug-likeness (QED) is 0.429. The molecule has 1 atom stereocenters. The first-order valence-electron chi connectivity index (χ1n) is 10.6. The van der Waals surface area contributed by atoms with E-state index in [-0.39, 0.29) is 35.9 Å². The normalized spacial score (nSPS) is 20.2. The molecule has 1 saturated heterocycles. The minimum atomic E-state index is -0.161. The van der Waals surface area contributed by atoms with E-state index in [9.17, 15) is 4.79 Å². The summed E-state index contributed by atoms with van der Waals surface area (Å²) in [5.41, 5.74) is 5.44. The molecule has 2 aromatic rings. The maximum Gasteiger partial charge on any atom is 0.312 e. The molecule has 4 rings (SSSR count). The topological polar surface area (TPSA) is 44.7 Å². The number of amides is 1. The van der Waals surface area contributed by atoms with Crippen LogP contribution in [0, 0.1) is 0 Å². The van der Waals surface area contributed by atoms with E-state index in [0.717, 1.165) is 31.5 Å². The molecule has 1 amide bonds. The number of hydrazone groups is 1. The molecule has 2 aromatic carbocycles. The van der Waals surface area contributed by atoms with Gasteiger partial charge in [0.1, 0.15) is 18.8 Å². The summed E-state index contributed by atoms with van der Waals surface area (Å²) < 4.78 is 0.547. The van der Waals surface area contributed by atoms with Crippen molar-refractivity contribution in [3.05, 3.63) is 63.1 Å². The number of benzene rings is 2. The van der Waals surface area contributed by atoms with Gasteiger partial charge in [-0.2, -0.15) is 10.5 Å². The Morgan fingerprint density at radius 3 is 2.25 bits per heavy atom. The van der Waals surface area contributed by atoms with Gasteiger partial charge in [-0.15, -0.1) is 0 Å². The summed E-state index contributed by atoms with van der Waals surface area (Å²) in [6.45, 7) is 1.87. The summed E-state index contributed by atoms with van der Waals surface area (Å²) in [7, 11) is 2.09. The van der Waals surface area contributed by atoms with Crippen molar-refractivity contribution in [3.8, 4) is 0 Å². The van der Waals surface area contributed by atoms with Crippen LogP contribution >= 0.6 is 34.8 Å². The van der Waals surface area contributed by atoms with Crippen molar-refractivity contribution in [3.63, 3.8) is 0 Å². The minimum absolute atomic E-state index is 0. The fourth-order valence-corrected chi connectivity index (χ4v) is 4.91. The number of rotatable bonds is 4. The second-order valence-corrected chi connectivity index (χ2v) is 9.74. The highest BCUT2D eigenvalue weighted by Crippen LogP contribution is 2.40. The van der Waals surface area contributed by atoms with Gasteiger partial charge in [-0.1, -0.05) is 46.9 Å². The third kappa shape index (κ3) is 5.89. The lowest BCUT2D eigenvalue weighted by Crippen LogP contribution is -3.00. The first-order chi connectivity index (χ1) is 14.8. The average Bonchev–Trinajstić information content (AvgIpc) is 3.05. The van der Waals surface area contributed by atoms with Crippen molar-refractivity contribution >= 4 is 52.1 Å². The number of likely N-dealkylation sites (tertiary alicyclic amines) is 1. The highest BCUT2D eigenvalue weighted by molar-refractivity contribution is 6.40. The fourth-order valence-electron chi connectivity index (χ4n) is 4.29. The van der Waals surface area contributed by atoms with Gasteiger partial charge in [0, 0.05) is 16.5 Å². The van der Waals surface area contributed by atoms with E-state index in [4.69, 9.17) is 39.9 Å². The summed E-state index contributed by atoms with van der Waals surface area (Å²) in [6.07, 6.45) is 5.14. The van der Waals surface area contributed by atoms with Gasteiger partial charge in [-0.25, -0.2) is 4.59 Å². The van der Waals surface area contributed by atoms with Gasteiger partial charge in [-0.3, -0.25) is 9.80 Å². The van der Waals surface area contributed by atoms with Gasteiger partial charge < -0.3 is 24.0 Å². The molecule has 1 N–H and O–H groups in total. The molecule has 2 heterocycles. The molecule has 5 nitrogen and oxygen atoms in total. The summed E-state index contributed by atoms with van der Waals surface area (Å²) in [5, 5.41) is 8.24. The zero-order chi connectivity index (χ0) is 22.0. The number of quaternary nitrogens is 1. The van der Waals surface area contributed by atoms with Gasteiger partial charge in [0.05, 0.1) is 23.8 Å². The Morgan fingerprint density at radius 1 is 1.00 bits per heavy atom. The van der Waals surface area contributed by atoms with Crippen molar-refractivity contribution in [2.45, 2.75) is 38.1 Å².